The van der Waals surface area contributed by atoms with Crippen molar-refractivity contribution in [2.45, 2.75) is 24.2 Å². The number of carbonyl (C=O) groups excluding carboxylic acids is 1. The Balaban J connectivity index is 1.60. The van der Waals surface area contributed by atoms with E-state index in [0.29, 0.717) is 24.1 Å². The number of aromatic amines is 1. The van der Waals surface area contributed by atoms with Gasteiger partial charge in [0.15, 0.2) is 5.82 Å². The highest BCUT2D eigenvalue weighted by molar-refractivity contribution is 7.89. The first-order valence-corrected chi connectivity index (χ1v) is 11.0. The molecule has 30 heavy (non-hydrogen) atoms. The van der Waals surface area contributed by atoms with E-state index >= 15 is 0 Å². The van der Waals surface area contributed by atoms with Crippen LogP contribution in [0.15, 0.2) is 41.3 Å². The first-order valence-electron chi connectivity index (χ1n) is 9.14. The molecule has 1 saturated heterocycles. The lowest BCUT2D eigenvalue weighted by Gasteiger charge is -2.17. The molecule has 0 saturated carbocycles. The molecule has 2 N–H and O–H groups in total. The van der Waals surface area contributed by atoms with Gasteiger partial charge in [-0.05, 0) is 49.2 Å². The van der Waals surface area contributed by atoms with Gasteiger partial charge in [-0.2, -0.15) is 4.31 Å². The van der Waals surface area contributed by atoms with Crippen molar-refractivity contribution in [2.24, 2.45) is 0 Å². The van der Waals surface area contributed by atoms with Crippen LogP contribution < -0.4 is 5.32 Å². The lowest BCUT2D eigenvalue weighted by atomic mass is 10.2. The van der Waals surface area contributed by atoms with Crippen molar-refractivity contribution in [3.63, 3.8) is 0 Å². The van der Waals surface area contributed by atoms with E-state index in [4.69, 9.17) is 11.6 Å². The molecule has 0 aliphatic carbocycles. The van der Waals surface area contributed by atoms with Gasteiger partial charge in [-0.1, -0.05) is 11.6 Å². The Labute approximate surface area is 176 Å². The zero-order valence-electron chi connectivity index (χ0n) is 15.5. The maximum Gasteiger partial charge on any atom is 0.295 e. The maximum atomic E-state index is 12.8. The third-order valence-corrected chi connectivity index (χ3v) is 7.22. The molecule has 4 rings (SSSR count). The number of alkyl halides is 2. The molecule has 11 heteroatoms. The molecular formula is C19H17ClF2N4O3S. The smallest absolute Gasteiger partial charge is 0.295 e. The Hall–Kier alpha value is -2.56. The minimum absolute atomic E-state index is 0.0679. The van der Waals surface area contributed by atoms with Gasteiger partial charge in [0.25, 0.3) is 12.3 Å². The van der Waals surface area contributed by atoms with E-state index < -0.39 is 28.2 Å². The van der Waals surface area contributed by atoms with Gasteiger partial charge in [0.1, 0.15) is 4.90 Å². The summed E-state index contributed by atoms with van der Waals surface area (Å²) in [6.07, 6.45) is -1.17. The van der Waals surface area contributed by atoms with Crippen LogP contribution in [-0.2, 0) is 10.0 Å². The Morgan fingerprint density at radius 3 is 2.60 bits per heavy atom. The predicted octanol–water partition coefficient (Wildman–Crippen LogP) is 4.19. The highest BCUT2D eigenvalue weighted by Crippen LogP contribution is 2.30. The molecule has 1 fully saturated rings. The molecule has 1 aliphatic rings. The van der Waals surface area contributed by atoms with E-state index in [1.807, 2.05) is 0 Å². The number of sulfonamides is 1. The maximum absolute atomic E-state index is 12.8. The molecule has 0 radical (unpaired) electrons. The van der Waals surface area contributed by atoms with E-state index in [9.17, 15) is 22.0 Å². The number of fused-ring (bicyclic) bond motifs is 1. The summed E-state index contributed by atoms with van der Waals surface area (Å²) in [6, 6.07) is 8.53. The lowest BCUT2D eigenvalue weighted by Crippen LogP contribution is -2.28. The number of aromatic nitrogens is 2. The Bertz CT molecular complexity index is 1220. The molecule has 0 atom stereocenters. The predicted molar refractivity (Wildman–Crippen MR) is 108 cm³/mol. The van der Waals surface area contributed by atoms with Crippen molar-refractivity contribution >= 4 is 44.3 Å². The number of amides is 1. The zero-order valence-corrected chi connectivity index (χ0v) is 17.1. The highest BCUT2D eigenvalue weighted by atomic mass is 35.5. The van der Waals surface area contributed by atoms with Gasteiger partial charge in [0.2, 0.25) is 10.0 Å². The SMILES string of the molecule is O=C(Nc1ccc(Cl)c(S(=O)(=O)N2CCCC2)c1)c1ccc2nc(C(F)F)[nH]c2c1. The molecule has 2 heterocycles. The van der Waals surface area contributed by atoms with E-state index in [-0.39, 0.29) is 21.2 Å². The summed E-state index contributed by atoms with van der Waals surface area (Å²) in [5.41, 5.74) is 1.06. The quantitative estimate of drug-likeness (QED) is 0.604. The molecule has 0 bridgehead atoms. The number of rotatable bonds is 5. The monoisotopic (exact) mass is 454 g/mol. The fourth-order valence-electron chi connectivity index (χ4n) is 3.32. The molecule has 0 unspecified atom stereocenters. The lowest BCUT2D eigenvalue weighted by molar-refractivity contribution is 0.102. The molecule has 1 aliphatic heterocycles. The van der Waals surface area contributed by atoms with E-state index in [2.05, 4.69) is 15.3 Å². The van der Waals surface area contributed by atoms with Gasteiger partial charge >= 0.3 is 0 Å². The molecule has 7 nitrogen and oxygen atoms in total. The van der Waals surface area contributed by atoms with Gasteiger partial charge in [-0.3, -0.25) is 4.79 Å². The number of imidazole rings is 1. The fourth-order valence-corrected chi connectivity index (χ4v) is 5.34. The highest BCUT2D eigenvalue weighted by Gasteiger charge is 2.29. The van der Waals surface area contributed by atoms with Crippen LogP contribution in [0.25, 0.3) is 11.0 Å². The third kappa shape index (κ3) is 3.90. The molecule has 1 aromatic heterocycles. The van der Waals surface area contributed by atoms with Crippen LogP contribution in [0.2, 0.25) is 5.02 Å². The number of hydrogen-bond acceptors (Lipinski definition) is 4. The Morgan fingerprint density at radius 1 is 1.17 bits per heavy atom. The molecule has 0 spiro atoms. The second kappa shape index (κ2) is 7.93. The summed E-state index contributed by atoms with van der Waals surface area (Å²) < 4.78 is 52.6. The molecule has 1 amide bonds. The van der Waals surface area contributed by atoms with Crippen LogP contribution in [0.1, 0.15) is 35.4 Å². The average Bonchev–Trinajstić information content (AvgIpc) is 3.39. The van der Waals surface area contributed by atoms with E-state index in [1.165, 1.54) is 40.7 Å². The summed E-state index contributed by atoms with van der Waals surface area (Å²) in [6.45, 7) is 0.861. The minimum atomic E-state index is -3.76. The number of hydrogen-bond donors (Lipinski definition) is 2. The topological polar surface area (TPSA) is 95.2 Å². The first-order chi connectivity index (χ1) is 14.3. The van der Waals surface area contributed by atoms with Crippen molar-refractivity contribution in [2.75, 3.05) is 18.4 Å². The number of nitrogens with one attached hydrogen (secondary N) is 2. The zero-order chi connectivity index (χ0) is 21.5. The van der Waals surface area contributed by atoms with Crippen molar-refractivity contribution < 1.29 is 22.0 Å². The normalized spacial score (nSPS) is 15.2. The van der Waals surface area contributed by atoms with Crippen molar-refractivity contribution in [1.82, 2.24) is 14.3 Å². The van der Waals surface area contributed by atoms with Gasteiger partial charge in [-0.25, -0.2) is 22.2 Å². The van der Waals surface area contributed by atoms with Crippen LogP contribution in [0.3, 0.4) is 0 Å². The minimum Gasteiger partial charge on any atom is -0.337 e. The fraction of sp³-hybridized carbons (Fsp3) is 0.263. The van der Waals surface area contributed by atoms with Crippen LogP contribution in [0, 0.1) is 0 Å². The summed E-state index contributed by atoms with van der Waals surface area (Å²) >= 11 is 6.12. The second-order valence-corrected chi connectivity index (χ2v) is 9.18. The molecule has 158 valence electrons. The van der Waals surface area contributed by atoms with Crippen molar-refractivity contribution in [1.29, 1.82) is 0 Å². The second-order valence-electron chi connectivity index (χ2n) is 6.87. The van der Waals surface area contributed by atoms with E-state index in [0.717, 1.165) is 12.8 Å². The number of H-pyrrole nitrogens is 1. The number of carbonyl (C=O) groups is 1. The summed E-state index contributed by atoms with van der Waals surface area (Å²) in [4.78, 5) is 18.8. The number of nitrogens with zero attached hydrogens (tertiary/aromatic N) is 2. The summed E-state index contributed by atoms with van der Waals surface area (Å²) in [7, 11) is -3.76. The van der Waals surface area contributed by atoms with Crippen LogP contribution in [0.5, 0.6) is 0 Å². The van der Waals surface area contributed by atoms with Gasteiger partial charge < -0.3 is 10.3 Å². The van der Waals surface area contributed by atoms with Gasteiger partial charge in [0.05, 0.1) is 16.1 Å². The molecule has 3 aromatic rings. The Morgan fingerprint density at radius 2 is 1.90 bits per heavy atom. The number of halogens is 3. The Kier molecular flexibility index (Phi) is 5.48. The van der Waals surface area contributed by atoms with E-state index in [1.54, 1.807) is 0 Å². The molecular weight excluding hydrogens is 438 g/mol. The van der Waals surface area contributed by atoms with Gasteiger partial charge in [-0.15, -0.1) is 0 Å². The molecule has 2 aromatic carbocycles. The van der Waals surface area contributed by atoms with Crippen LogP contribution in [0.4, 0.5) is 14.5 Å². The van der Waals surface area contributed by atoms with Crippen LogP contribution >= 0.6 is 11.6 Å². The standard InChI is InChI=1S/C19H17ClF2N4O3S/c20-13-5-4-12(10-16(13)30(28,29)26-7-1-2-8-26)23-19(27)11-3-6-14-15(9-11)25-18(24-14)17(21)22/h3-6,9-10,17H,1-2,7-8H2,(H,23,27)(H,24,25). The average molecular weight is 455 g/mol. The summed E-state index contributed by atoms with van der Waals surface area (Å²) in [5, 5.41) is 2.69. The summed E-state index contributed by atoms with van der Waals surface area (Å²) in [5.74, 6) is -1.01. The van der Waals surface area contributed by atoms with Crippen molar-refractivity contribution in [3.05, 3.63) is 52.8 Å². The van der Waals surface area contributed by atoms with Gasteiger partial charge in [0, 0.05) is 24.3 Å². The largest absolute Gasteiger partial charge is 0.337 e. The van der Waals surface area contributed by atoms with Crippen LogP contribution in [-0.4, -0.2) is 41.7 Å². The van der Waals surface area contributed by atoms with Crippen molar-refractivity contribution in [3.8, 4) is 0 Å². The number of benzene rings is 2. The first kappa shape index (κ1) is 20.7. The third-order valence-electron chi connectivity index (χ3n) is 4.84. The number of anilines is 1.